The van der Waals surface area contributed by atoms with Crippen LogP contribution in [-0.2, 0) is 11.3 Å². The lowest BCUT2D eigenvalue weighted by Gasteiger charge is -2.01. The molecule has 0 amide bonds. The molecule has 0 bridgehead atoms. The molecule has 4 heteroatoms. The zero-order valence-corrected chi connectivity index (χ0v) is 8.73. The number of rotatable bonds is 2. The number of para-hydroxylation sites is 1. The zero-order chi connectivity index (χ0) is 10.8. The zero-order valence-electron chi connectivity index (χ0n) is 8.73. The lowest BCUT2D eigenvalue weighted by Crippen LogP contribution is -2.02. The molecule has 4 nitrogen and oxygen atoms in total. The van der Waals surface area contributed by atoms with Crippen molar-refractivity contribution in [3.05, 3.63) is 30.1 Å². The molecule has 78 valence electrons. The molecule has 2 aromatic rings. The number of aryl methyl sites for hydroxylation is 1. The summed E-state index contributed by atoms with van der Waals surface area (Å²) in [5.74, 6) is -0.345. The van der Waals surface area contributed by atoms with Gasteiger partial charge in [-0.05, 0) is 19.1 Å². The van der Waals surface area contributed by atoms with Crippen molar-refractivity contribution in [2.45, 2.75) is 13.5 Å². The van der Waals surface area contributed by atoms with Crippen LogP contribution in [0.4, 0.5) is 0 Å². The standard InChI is InChI=1S/C11H12N2O2/c1-3-13-7-12-10-8(11(14)15-2)5-4-6-9(10)13/h4-7H,3H2,1-2H3. The van der Waals surface area contributed by atoms with Crippen molar-refractivity contribution in [2.24, 2.45) is 0 Å². The van der Waals surface area contributed by atoms with Gasteiger partial charge in [-0.2, -0.15) is 0 Å². The molecule has 15 heavy (non-hydrogen) atoms. The predicted octanol–water partition coefficient (Wildman–Crippen LogP) is 1.84. The van der Waals surface area contributed by atoms with E-state index in [0.29, 0.717) is 11.1 Å². The van der Waals surface area contributed by atoms with Crippen LogP contribution < -0.4 is 0 Å². The molecule has 0 saturated carbocycles. The summed E-state index contributed by atoms with van der Waals surface area (Å²) in [6.45, 7) is 2.87. The van der Waals surface area contributed by atoms with Gasteiger partial charge < -0.3 is 9.30 Å². The minimum absolute atomic E-state index is 0.345. The van der Waals surface area contributed by atoms with E-state index < -0.39 is 0 Å². The van der Waals surface area contributed by atoms with Crippen LogP contribution in [0.25, 0.3) is 11.0 Å². The lowest BCUT2D eigenvalue weighted by atomic mass is 10.2. The number of hydrogen-bond donors (Lipinski definition) is 0. The SMILES string of the molecule is CCn1cnc2c(C(=O)OC)cccc21. The van der Waals surface area contributed by atoms with Gasteiger partial charge in [-0.15, -0.1) is 0 Å². The minimum Gasteiger partial charge on any atom is -0.465 e. The minimum atomic E-state index is -0.345. The van der Waals surface area contributed by atoms with Crippen molar-refractivity contribution in [3.8, 4) is 0 Å². The Kier molecular flexibility index (Phi) is 2.41. The number of carbonyl (C=O) groups is 1. The van der Waals surface area contributed by atoms with Gasteiger partial charge in [0.15, 0.2) is 0 Å². The molecule has 0 aliphatic heterocycles. The maximum absolute atomic E-state index is 11.5. The molecular weight excluding hydrogens is 192 g/mol. The van der Waals surface area contributed by atoms with Crippen LogP contribution >= 0.6 is 0 Å². The van der Waals surface area contributed by atoms with Gasteiger partial charge in [0.05, 0.1) is 24.5 Å². The smallest absolute Gasteiger partial charge is 0.340 e. The molecule has 0 fully saturated rings. The van der Waals surface area contributed by atoms with Crippen LogP contribution in [-0.4, -0.2) is 22.6 Å². The number of ether oxygens (including phenoxy) is 1. The van der Waals surface area contributed by atoms with E-state index in [1.54, 1.807) is 12.4 Å². The number of methoxy groups -OCH3 is 1. The lowest BCUT2D eigenvalue weighted by molar-refractivity contribution is 0.0603. The van der Waals surface area contributed by atoms with E-state index in [1.807, 2.05) is 23.6 Å². The first kappa shape index (κ1) is 9.71. The van der Waals surface area contributed by atoms with Crippen LogP contribution in [0, 0.1) is 0 Å². The number of carbonyl (C=O) groups excluding carboxylic acids is 1. The van der Waals surface area contributed by atoms with E-state index >= 15 is 0 Å². The third-order valence-electron chi connectivity index (χ3n) is 2.40. The van der Waals surface area contributed by atoms with Crippen LogP contribution in [0.3, 0.4) is 0 Å². The van der Waals surface area contributed by atoms with Crippen molar-refractivity contribution < 1.29 is 9.53 Å². The fourth-order valence-electron chi connectivity index (χ4n) is 1.62. The van der Waals surface area contributed by atoms with E-state index in [4.69, 9.17) is 4.74 Å². The molecule has 1 heterocycles. The molecule has 0 atom stereocenters. The average Bonchev–Trinajstić information content (AvgIpc) is 2.70. The fraction of sp³-hybridized carbons (Fsp3) is 0.273. The average molecular weight is 204 g/mol. The van der Waals surface area contributed by atoms with Crippen molar-refractivity contribution in [1.82, 2.24) is 9.55 Å². The summed E-state index contributed by atoms with van der Waals surface area (Å²) in [7, 11) is 1.37. The van der Waals surface area contributed by atoms with E-state index in [9.17, 15) is 4.79 Å². The molecule has 0 aliphatic rings. The summed E-state index contributed by atoms with van der Waals surface area (Å²) < 4.78 is 6.69. The molecule has 2 rings (SSSR count). The number of aromatic nitrogens is 2. The third-order valence-corrected chi connectivity index (χ3v) is 2.40. The second kappa shape index (κ2) is 3.73. The molecule has 0 unspecified atom stereocenters. The fourth-order valence-corrected chi connectivity index (χ4v) is 1.62. The van der Waals surface area contributed by atoms with Gasteiger partial charge in [-0.1, -0.05) is 6.07 Å². The Labute approximate surface area is 87.5 Å². The highest BCUT2D eigenvalue weighted by Crippen LogP contribution is 2.17. The Bertz CT molecular complexity index is 502. The quantitative estimate of drug-likeness (QED) is 0.701. The molecule has 0 saturated heterocycles. The Hall–Kier alpha value is -1.84. The third kappa shape index (κ3) is 1.48. The summed E-state index contributed by atoms with van der Waals surface area (Å²) in [4.78, 5) is 15.7. The highest BCUT2D eigenvalue weighted by atomic mass is 16.5. The first-order chi connectivity index (χ1) is 7.27. The Balaban J connectivity index is 2.67. The molecule has 0 radical (unpaired) electrons. The van der Waals surface area contributed by atoms with Gasteiger partial charge in [-0.25, -0.2) is 9.78 Å². The van der Waals surface area contributed by atoms with Crippen molar-refractivity contribution in [1.29, 1.82) is 0 Å². The summed E-state index contributed by atoms with van der Waals surface area (Å²) in [5.41, 5.74) is 2.17. The van der Waals surface area contributed by atoms with Gasteiger partial charge >= 0.3 is 5.97 Å². The van der Waals surface area contributed by atoms with Crippen LogP contribution in [0.1, 0.15) is 17.3 Å². The van der Waals surface area contributed by atoms with Gasteiger partial charge in [0.2, 0.25) is 0 Å². The highest BCUT2D eigenvalue weighted by Gasteiger charge is 2.12. The number of imidazole rings is 1. The first-order valence-corrected chi connectivity index (χ1v) is 4.80. The van der Waals surface area contributed by atoms with Crippen LogP contribution in [0.2, 0.25) is 0 Å². The summed E-state index contributed by atoms with van der Waals surface area (Å²) in [6, 6.07) is 5.50. The Morgan fingerprint density at radius 2 is 2.33 bits per heavy atom. The van der Waals surface area contributed by atoms with Gasteiger partial charge in [-0.3, -0.25) is 0 Å². The van der Waals surface area contributed by atoms with Gasteiger partial charge in [0.25, 0.3) is 0 Å². The van der Waals surface area contributed by atoms with Crippen molar-refractivity contribution in [3.63, 3.8) is 0 Å². The van der Waals surface area contributed by atoms with E-state index in [-0.39, 0.29) is 5.97 Å². The maximum Gasteiger partial charge on any atom is 0.340 e. The van der Waals surface area contributed by atoms with Gasteiger partial charge in [0.1, 0.15) is 5.52 Å². The monoisotopic (exact) mass is 204 g/mol. The van der Waals surface area contributed by atoms with Crippen LogP contribution in [0.5, 0.6) is 0 Å². The second-order valence-electron chi connectivity index (χ2n) is 3.20. The predicted molar refractivity (Wildman–Crippen MR) is 56.7 cm³/mol. The molecule has 1 aromatic heterocycles. The van der Waals surface area contributed by atoms with Gasteiger partial charge in [0, 0.05) is 6.54 Å². The second-order valence-corrected chi connectivity index (χ2v) is 3.20. The van der Waals surface area contributed by atoms with E-state index in [0.717, 1.165) is 12.1 Å². The van der Waals surface area contributed by atoms with Crippen molar-refractivity contribution >= 4 is 17.0 Å². The molecule has 0 N–H and O–H groups in total. The normalized spacial score (nSPS) is 10.5. The molecule has 0 aliphatic carbocycles. The molecule has 1 aromatic carbocycles. The highest BCUT2D eigenvalue weighted by molar-refractivity contribution is 6.01. The number of benzene rings is 1. The van der Waals surface area contributed by atoms with Crippen LogP contribution in [0.15, 0.2) is 24.5 Å². The summed E-state index contributed by atoms with van der Waals surface area (Å²) in [6.07, 6.45) is 1.73. The Morgan fingerprint density at radius 1 is 1.53 bits per heavy atom. The largest absolute Gasteiger partial charge is 0.465 e. The summed E-state index contributed by atoms with van der Waals surface area (Å²) in [5, 5.41) is 0. The summed E-state index contributed by atoms with van der Waals surface area (Å²) >= 11 is 0. The maximum atomic E-state index is 11.5. The number of nitrogens with zero attached hydrogens (tertiary/aromatic N) is 2. The first-order valence-electron chi connectivity index (χ1n) is 4.80. The molecule has 0 spiro atoms. The van der Waals surface area contributed by atoms with Crippen molar-refractivity contribution in [2.75, 3.05) is 7.11 Å². The Morgan fingerprint density at radius 3 is 3.00 bits per heavy atom. The number of esters is 1. The van der Waals surface area contributed by atoms with E-state index in [2.05, 4.69) is 4.98 Å². The van der Waals surface area contributed by atoms with E-state index in [1.165, 1.54) is 7.11 Å². The molecular formula is C11H12N2O2. The number of hydrogen-bond acceptors (Lipinski definition) is 3. The topological polar surface area (TPSA) is 44.1 Å². The number of fused-ring (bicyclic) bond motifs is 1.